The lowest BCUT2D eigenvalue weighted by molar-refractivity contribution is -0.137. The fourth-order valence-corrected chi connectivity index (χ4v) is 3.81. The number of halogens is 4. The van der Waals surface area contributed by atoms with E-state index in [1.165, 1.54) is 19.2 Å². The lowest BCUT2D eigenvalue weighted by Crippen LogP contribution is -2.46. The first-order valence-corrected chi connectivity index (χ1v) is 11.8. The van der Waals surface area contributed by atoms with Crippen LogP contribution in [0.3, 0.4) is 0 Å². The highest BCUT2D eigenvalue weighted by molar-refractivity contribution is 7.87. The molecule has 0 fully saturated rings. The van der Waals surface area contributed by atoms with Gasteiger partial charge in [-0.15, -0.1) is 0 Å². The van der Waals surface area contributed by atoms with Gasteiger partial charge in [-0.2, -0.15) is 30.6 Å². The van der Waals surface area contributed by atoms with E-state index in [2.05, 4.69) is 4.98 Å². The minimum atomic E-state index is -4.68. The molecule has 200 valence electrons. The van der Waals surface area contributed by atoms with Crippen LogP contribution in [0.25, 0.3) is 0 Å². The quantitative estimate of drug-likeness (QED) is 0.281. The highest BCUT2D eigenvalue weighted by atomic mass is 35.5. The number of ether oxygens (including phenoxy) is 4. The van der Waals surface area contributed by atoms with Crippen molar-refractivity contribution in [3.63, 3.8) is 0 Å². The van der Waals surface area contributed by atoms with E-state index in [0.29, 0.717) is 36.8 Å². The van der Waals surface area contributed by atoms with Gasteiger partial charge in [-0.05, 0) is 23.8 Å². The SMILES string of the molecule is COCCOc1ccc(CN(C(=O)O)S(=O)(=O)NCC(OC)Oc2ncc(C(F)(F)F)cc2Cl)cc1. The molecule has 16 heteroatoms. The maximum atomic E-state index is 12.8. The van der Waals surface area contributed by atoms with E-state index in [1.54, 1.807) is 12.1 Å². The van der Waals surface area contributed by atoms with E-state index in [1.807, 2.05) is 4.72 Å². The second-order valence-electron chi connectivity index (χ2n) is 6.92. The number of methoxy groups -OCH3 is 2. The van der Waals surface area contributed by atoms with Crippen LogP contribution in [-0.4, -0.2) is 69.2 Å². The summed E-state index contributed by atoms with van der Waals surface area (Å²) in [7, 11) is -1.96. The van der Waals surface area contributed by atoms with Crippen molar-refractivity contribution in [3.05, 3.63) is 52.7 Å². The van der Waals surface area contributed by atoms with Crippen molar-refractivity contribution >= 4 is 27.9 Å². The summed E-state index contributed by atoms with van der Waals surface area (Å²) in [6.45, 7) is -0.473. The molecular formula is C20H23ClF3N3O8S. The predicted molar refractivity (Wildman–Crippen MR) is 120 cm³/mol. The number of aromatic nitrogens is 1. The molecule has 1 heterocycles. The summed E-state index contributed by atoms with van der Waals surface area (Å²) in [6.07, 6.45) is -7.35. The average Bonchev–Trinajstić information content (AvgIpc) is 2.81. The highest BCUT2D eigenvalue weighted by Gasteiger charge is 2.32. The second kappa shape index (κ2) is 12.9. The van der Waals surface area contributed by atoms with Gasteiger partial charge in [0.1, 0.15) is 17.4 Å². The number of alkyl halides is 3. The number of nitrogens with one attached hydrogen (secondary N) is 1. The first-order valence-electron chi connectivity index (χ1n) is 10.0. The normalized spacial score (nSPS) is 12.7. The van der Waals surface area contributed by atoms with Crippen LogP contribution in [0.5, 0.6) is 11.6 Å². The first kappa shape index (κ1) is 29.4. The molecule has 2 N–H and O–H groups in total. The monoisotopic (exact) mass is 557 g/mol. The molecule has 1 atom stereocenters. The number of pyridine rings is 1. The van der Waals surface area contributed by atoms with Gasteiger partial charge in [-0.25, -0.2) is 9.78 Å². The fourth-order valence-electron chi connectivity index (χ4n) is 2.57. The minimum absolute atomic E-state index is 0.157. The van der Waals surface area contributed by atoms with Crippen LogP contribution in [-0.2, 0) is 32.4 Å². The number of hydrogen-bond acceptors (Lipinski definition) is 8. The summed E-state index contributed by atoms with van der Waals surface area (Å²) in [5, 5.41) is 8.95. The van der Waals surface area contributed by atoms with Crippen molar-refractivity contribution in [1.29, 1.82) is 0 Å². The Kier molecular flexibility index (Phi) is 10.5. The smallest absolute Gasteiger partial charge is 0.422 e. The van der Waals surface area contributed by atoms with Crippen LogP contribution >= 0.6 is 11.6 Å². The molecule has 2 aromatic rings. The van der Waals surface area contributed by atoms with E-state index in [9.17, 15) is 31.5 Å². The fraction of sp³-hybridized carbons (Fsp3) is 0.400. The zero-order chi connectivity index (χ0) is 26.9. The third-order valence-electron chi connectivity index (χ3n) is 4.38. The van der Waals surface area contributed by atoms with Crippen molar-refractivity contribution in [3.8, 4) is 11.6 Å². The van der Waals surface area contributed by atoms with Crippen molar-refractivity contribution in [2.24, 2.45) is 0 Å². The third kappa shape index (κ3) is 8.67. The van der Waals surface area contributed by atoms with Gasteiger partial charge in [0.05, 0.1) is 25.3 Å². The average molecular weight is 558 g/mol. The van der Waals surface area contributed by atoms with Crippen molar-refractivity contribution in [2.45, 2.75) is 19.0 Å². The number of carboxylic acid groups (broad SMARTS) is 1. The lowest BCUT2D eigenvalue weighted by atomic mass is 10.2. The molecule has 11 nitrogen and oxygen atoms in total. The van der Waals surface area contributed by atoms with Crippen LogP contribution in [0.2, 0.25) is 5.02 Å². The Balaban J connectivity index is 2.04. The Bertz CT molecular complexity index is 1120. The van der Waals surface area contributed by atoms with E-state index < -0.39 is 58.3 Å². The molecular weight excluding hydrogens is 535 g/mol. The second-order valence-corrected chi connectivity index (χ2v) is 9.01. The Morgan fingerprint density at radius 3 is 2.42 bits per heavy atom. The number of benzene rings is 1. The Morgan fingerprint density at radius 1 is 1.22 bits per heavy atom. The Labute approximate surface area is 209 Å². The first-order chi connectivity index (χ1) is 16.9. The summed E-state index contributed by atoms with van der Waals surface area (Å²) < 4.78 is 86.1. The Hall–Kier alpha value is -2.85. The van der Waals surface area contributed by atoms with Crippen LogP contribution in [0.4, 0.5) is 18.0 Å². The summed E-state index contributed by atoms with van der Waals surface area (Å²) in [6, 6.07) is 6.65. The summed E-state index contributed by atoms with van der Waals surface area (Å²) in [4.78, 5) is 15.1. The van der Waals surface area contributed by atoms with Crippen molar-refractivity contribution in [2.75, 3.05) is 34.0 Å². The number of hydrogen-bond donors (Lipinski definition) is 2. The van der Waals surface area contributed by atoms with E-state index in [4.69, 9.17) is 30.5 Å². The molecule has 1 aromatic heterocycles. The summed E-state index contributed by atoms with van der Waals surface area (Å²) >= 11 is 5.77. The molecule has 36 heavy (non-hydrogen) atoms. The minimum Gasteiger partial charge on any atom is -0.491 e. The van der Waals surface area contributed by atoms with E-state index >= 15 is 0 Å². The van der Waals surface area contributed by atoms with E-state index in [0.717, 1.165) is 7.11 Å². The topological polar surface area (TPSA) is 137 Å². The van der Waals surface area contributed by atoms with Gasteiger partial charge < -0.3 is 24.1 Å². The van der Waals surface area contributed by atoms with Gasteiger partial charge in [0.2, 0.25) is 12.2 Å². The van der Waals surface area contributed by atoms with Crippen LogP contribution in [0.15, 0.2) is 36.5 Å². The molecule has 0 saturated heterocycles. The molecule has 2 rings (SSSR count). The molecule has 1 amide bonds. The highest BCUT2D eigenvalue weighted by Crippen LogP contribution is 2.33. The van der Waals surface area contributed by atoms with Crippen molar-refractivity contribution < 1.29 is 50.4 Å². The molecule has 0 aliphatic carbocycles. The molecule has 0 spiro atoms. The van der Waals surface area contributed by atoms with Gasteiger partial charge in [0.25, 0.3) is 0 Å². The molecule has 0 aliphatic rings. The number of nitrogens with zero attached hydrogens (tertiary/aromatic N) is 2. The van der Waals surface area contributed by atoms with E-state index in [-0.39, 0.29) is 4.31 Å². The van der Waals surface area contributed by atoms with Crippen molar-refractivity contribution in [1.82, 2.24) is 14.0 Å². The van der Waals surface area contributed by atoms with Crippen LogP contribution < -0.4 is 14.2 Å². The van der Waals surface area contributed by atoms with Gasteiger partial charge in [-0.3, -0.25) is 0 Å². The molecule has 1 aromatic carbocycles. The maximum absolute atomic E-state index is 12.8. The van der Waals surface area contributed by atoms with Gasteiger partial charge in [-0.1, -0.05) is 23.7 Å². The zero-order valence-electron chi connectivity index (χ0n) is 19.0. The summed E-state index contributed by atoms with van der Waals surface area (Å²) in [5.41, 5.74) is -0.761. The molecule has 1 unspecified atom stereocenters. The molecule has 0 radical (unpaired) electrons. The number of rotatable bonds is 13. The number of carbonyl (C=O) groups is 1. The van der Waals surface area contributed by atoms with Gasteiger partial charge in [0.15, 0.2) is 0 Å². The zero-order valence-corrected chi connectivity index (χ0v) is 20.6. The van der Waals surface area contributed by atoms with Gasteiger partial charge >= 0.3 is 22.5 Å². The third-order valence-corrected chi connectivity index (χ3v) is 6.05. The number of amides is 1. The predicted octanol–water partition coefficient (Wildman–Crippen LogP) is 3.14. The van der Waals surface area contributed by atoms with Crippen LogP contribution in [0.1, 0.15) is 11.1 Å². The standard InChI is InChI=1S/C20H23ClF3N3O8S/c1-32-7-8-34-15-5-3-13(4-6-15)12-27(19(28)29)36(30,31)26-11-17(33-2)35-18-16(21)9-14(10-25-18)20(22,23)24/h3-6,9-10,17,26H,7-8,11-12H2,1-2H3,(H,28,29). The largest absolute Gasteiger partial charge is 0.491 e. The summed E-state index contributed by atoms with van der Waals surface area (Å²) in [5.74, 6) is 0.0351. The molecule has 0 saturated carbocycles. The lowest BCUT2D eigenvalue weighted by Gasteiger charge is -2.22. The van der Waals surface area contributed by atoms with Gasteiger partial charge in [0, 0.05) is 20.4 Å². The Morgan fingerprint density at radius 2 is 1.89 bits per heavy atom. The maximum Gasteiger partial charge on any atom is 0.422 e. The van der Waals surface area contributed by atoms with Crippen LogP contribution in [0, 0.1) is 0 Å². The molecule has 0 aliphatic heterocycles. The molecule has 0 bridgehead atoms.